The van der Waals surface area contributed by atoms with Gasteiger partial charge in [0.05, 0.1) is 18.8 Å². The fourth-order valence-electron chi connectivity index (χ4n) is 4.22. The molecule has 2 heterocycles. The summed E-state index contributed by atoms with van der Waals surface area (Å²) >= 11 is 0. The molecular weight excluding hydrogens is 366 g/mol. The smallest absolute Gasteiger partial charge is 0.265 e. The molecule has 2 aromatic carbocycles. The Morgan fingerprint density at radius 1 is 0.966 bits per heavy atom. The zero-order valence-corrected chi connectivity index (χ0v) is 16.8. The summed E-state index contributed by atoms with van der Waals surface area (Å²) in [6.07, 6.45) is -0.257. The molecule has 6 nitrogen and oxygen atoms in total. The maximum absolute atomic E-state index is 13.3. The second-order valence-electron chi connectivity index (χ2n) is 7.77. The highest BCUT2D eigenvalue weighted by atomic mass is 16.3. The average molecular weight is 393 g/mol. The molecule has 152 valence electrons. The van der Waals surface area contributed by atoms with Gasteiger partial charge >= 0.3 is 0 Å². The van der Waals surface area contributed by atoms with Gasteiger partial charge in [-0.3, -0.25) is 19.4 Å². The Morgan fingerprint density at radius 2 is 1.59 bits per heavy atom. The normalized spacial score (nSPS) is 22.7. The van der Waals surface area contributed by atoms with Crippen molar-refractivity contribution in [2.24, 2.45) is 0 Å². The number of hydrogen-bond acceptors (Lipinski definition) is 5. The third-order valence-corrected chi connectivity index (χ3v) is 6.01. The Labute approximate surface area is 171 Å². The highest BCUT2D eigenvalue weighted by Gasteiger charge is 2.51. The van der Waals surface area contributed by atoms with Crippen LogP contribution < -0.4 is 4.90 Å². The van der Waals surface area contributed by atoms with Gasteiger partial charge in [-0.2, -0.15) is 0 Å². The van der Waals surface area contributed by atoms with Gasteiger partial charge in [0.1, 0.15) is 0 Å². The molecule has 0 spiro atoms. The van der Waals surface area contributed by atoms with Crippen molar-refractivity contribution in [2.45, 2.75) is 18.9 Å². The third-order valence-electron chi connectivity index (χ3n) is 6.01. The predicted octanol–water partition coefficient (Wildman–Crippen LogP) is 2.09. The van der Waals surface area contributed by atoms with Crippen molar-refractivity contribution in [2.75, 3.05) is 44.3 Å². The van der Waals surface area contributed by atoms with E-state index in [0.29, 0.717) is 23.5 Å². The van der Waals surface area contributed by atoms with E-state index in [0.717, 1.165) is 32.7 Å². The van der Waals surface area contributed by atoms with Crippen molar-refractivity contribution in [1.82, 2.24) is 9.80 Å². The van der Waals surface area contributed by atoms with Gasteiger partial charge in [-0.1, -0.05) is 55.5 Å². The predicted molar refractivity (Wildman–Crippen MR) is 112 cm³/mol. The number of aliphatic hydroxyl groups is 1. The maximum Gasteiger partial charge on any atom is 0.265 e. The third kappa shape index (κ3) is 3.71. The molecule has 0 aromatic heterocycles. The Morgan fingerprint density at radius 3 is 2.28 bits per heavy atom. The van der Waals surface area contributed by atoms with Crippen LogP contribution in [0, 0.1) is 0 Å². The zero-order valence-electron chi connectivity index (χ0n) is 16.8. The van der Waals surface area contributed by atoms with E-state index in [9.17, 15) is 14.7 Å². The van der Waals surface area contributed by atoms with Crippen LogP contribution in [-0.2, 0) is 10.4 Å². The topological polar surface area (TPSA) is 64.1 Å². The fourth-order valence-corrected chi connectivity index (χ4v) is 4.22. The number of hydrogen-bond donors (Lipinski definition) is 1. The summed E-state index contributed by atoms with van der Waals surface area (Å²) in [5.41, 5.74) is -0.116. The molecule has 2 aliphatic heterocycles. The van der Waals surface area contributed by atoms with E-state index in [-0.39, 0.29) is 12.2 Å². The Bertz CT molecular complexity index is 893. The van der Waals surface area contributed by atoms with Gasteiger partial charge < -0.3 is 10.0 Å². The Hall–Kier alpha value is -2.54. The molecule has 1 amide bonds. The van der Waals surface area contributed by atoms with Crippen molar-refractivity contribution in [3.8, 4) is 0 Å². The summed E-state index contributed by atoms with van der Waals surface area (Å²) < 4.78 is 0. The van der Waals surface area contributed by atoms with Crippen molar-refractivity contribution >= 4 is 17.4 Å². The summed E-state index contributed by atoms with van der Waals surface area (Å²) in [6.45, 7) is 7.30. The highest BCUT2D eigenvalue weighted by Crippen LogP contribution is 2.42. The first-order valence-corrected chi connectivity index (χ1v) is 10.2. The molecule has 0 bridgehead atoms. The molecule has 4 rings (SSSR count). The van der Waals surface area contributed by atoms with Crippen LogP contribution in [0.3, 0.4) is 0 Å². The first-order valence-electron chi connectivity index (χ1n) is 10.2. The largest absolute Gasteiger partial charge is 0.375 e. The van der Waals surface area contributed by atoms with Crippen LogP contribution >= 0.6 is 0 Å². The molecule has 29 heavy (non-hydrogen) atoms. The molecular formula is C23H27N3O3. The number of fused-ring (bicyclic) bond motifs is 1. The summed E-state index contributed by atoms with van der Waals surface area (Å²) in [5, 5.41) is 11.4. The molecule has 1 saturated heterocycles. The van der Waals surface area contributed by atoms with Crippen LogP contribution in [0.25, 0.3) is 0 Å². The number of benzene rings is 2. The first-order chi connectivity index (χ1) is 14.0. The molecule has 1 fully saturated rings. The van der Waals surface area contributed by atoms with Crippen LogP contribution in [-0.4, -0.2) is 66.0 Å². The zero-order chi connectivity index (χ0) is 20.4. The van der Waals surface area contributed by atoms with Crippen LogP contribution in [0.2, 0.25) is 0 Å². The molecule has 0 saturated carbocycles. The molecule has 1 atom stereocenters. The lowest BCUT2D eigenvalue weighted by Gasteiger charge is -2.36. The lowest BCUT2D eigenvalue weighted by atomic mass is 9.88. The second kappa shape index (κ2) is 8.06. The van der Waals surface area contributed by atoms with E-state index in [1.807, 2.05) is 18.2 Å². The number of carbonyl (C=O) groups is 2. The number of piperazine rings is 1. The molecule has 0 unspecified atom stereocenters. The van der Waals surface area contributed by atoms with Crippen molar-refractivity contribution in [1.29, 1.82) is 0 Å². The van der Waals surface area contributed by atoms with Crippen molar-refractivity contribution in [3.05, 3.63) is 65.7 Å². The van der Waals surface area contributed by atoms with E-state index in [4.69, 9.17) is 0 Å². The number of ketones is 1. The second-order valence-corrected chi connectivity index (χ2v) is 7.77. The minimum absolute atomic E-state index is 0.241. The van der Waals surface area contributed by atoms with Crippen molar-refractivity contribution < 1.29 is 14.7 Å². The first kappa shape index (κ1) is 19.8. The summed E-state index contributed by atoms with van der Waals surface area (Å²) in [7, 11) is 0. The van der Waals surface area contributed by atoms with E-state index in [1.54, 1.807) is 41.3 Å². The van der Waals surface area contributed by atoms with E-state index in [2.05, 4.69) is 16.7 Å². The number of carbonyl (C=O) groups excluding carboxylic acids is 2. The van der Waals surface area contributed by atoms with Gasteiger partial charge in [0.2, 0.25) is 0 Å². The minimum atomic E-state index is -1.82. The number of nitrogens with zero attached hydrogens (tertiary/aromatic N) is 3. The molecule has 1 N–H and O–H groups in total. The summed E-state index contributed by atoms with van der Waals surface area (Å²) in [5.74, 6) is -0.657. The Kier molecular flexibility index (Phi) is 5.50. The summed E-state index contributed by atoms with van der Waals surface area (Å²) in [6, 6.07) is 16.1. The van der Waals surface area contributed by atoms with Gasteiger partial charge in [-0.05, 0) is 12.6 Å². The van der Waals surface area contributed by atoms with Gasteiger partial charge in [-0.25, -0.2) is 0 Å². The monoisotopic (exact) mass is 393 g/mol. The lowest BCUT2D eigenvalue weighted by molar-refractivity contribution is -0.136. The highest BCUT2D eigenvalue weighted by molar-refractivity contribution is 6.10. The van der Waals surface area contributed by atoms with Gasteiger partial charge in [0.25, 0.3) is 5.91 Å². The summed E-state index contributed by atoms with van der Waals surface area (Å²) in [4.78, 5) is 32.4. The number of para-hydroxylation sites is 1. The van der Waals surface area contributed by atoms with Crippen LogP contribution in [0.4, 0.5) is 5.69 Å². The van der Waals surface area contributed by atoms with Crippen LogP contribution in [0.1, 0.15) is 29.3 Å². The molecule has 0 aliphatic carbocycles. The number of Topliss-reactive ketones (excluding diaryl/α,β-unsaturated/α-hetero) is 1. The minimum Gasteiger partial charge on any atom is -0.375 e. The standard InChI is InChI=1S/C23H27N3O3/c1-2-24-12-14-25(15-13-24)17-26-20-11-7-6-10-19(20)23(29,22(26)28)16-21(27)18-8-4-3-5-9-18/h3-11,29H,2,12-17H2,1H3/t23-/m1/s1. The van der Waals surface area contributed by atoms with Gasteiger partial charge in [-0.15, -0.1) is 0 Å². The number of amides is 1. The number of likely N-dealkylation sites (N-methyl/N-ethyl adjacent to an activating group) is 1. The van der Waals surface area contributed by atoms with E-state index >= 15 is 0 Å². The molecule has 2 aliphatic rings. The molecule has 2 aromatic rings. The van der Waals surface area contributed by atoms with Gasteiger partial charge in [0, 0.05) is 37.3 Å². The SMILES string of the molecule is CCN1CCN(CN2C(=O)[C@@](O)(CC(=O)c3ccccc3)c3ccccc32)CC1. The molecule has 0 radical (unpaired) electrons. The fraction of sp³-hybridized carbons (Fsp3) is 0.391. The van der Waals surface area contributed by atoms with Gasteiger partial charge in [0.15, 0.2) is 11.4 Å². The van der Waals surface area contributed by atoms with E-state index < -0.39 is 11.5 Å². The Balaban J connectivity index is 1.57. The maximum atomic E-state index is 13.3. The molecule has 6 heteroatoms. The lowest BCUT2D eigenvalue weighted by Crippen LogP contribution is -2.52. The average Bonchev–Trinajstić information content (AvgIpc) is 2.97. The van der Waals surface area contributed by atoms with Crippen molar-refractivity contribution in [3.63, 3.8) is 0 Å². The van der Waals surface area contributed by atoms with E-state index in [1.165, 1.54) is 0 Å². The van der Waals surface area contributed by atoms with Crippen LogP contribution in [0.5, 0.6) is 0 Å². The van der Waals surface area contributed by atoms with Crippen LogP contribution in [0.15, 0.2) is 54.6 Å². The number of rotatable bonds is 6. The quantitative estimate of drug-likeness (QED) is 0.762. The number of anilines is 1.